The molecule has 1 aliphatic heterocycles. The van der Waals surface area contributed by atoms with Crippen LogP contribution < -0.4 is 10.6 Å². The van der Waals surface area contributed by atoms with Crippen molar-refractivity contribution in [2.45, 2.75) is 32.2 Å². The Labute approximate surface area is 110 Å². The molecule has 0 aliphatic carbocycles. The van der Waals surface area contributed by atoms with Crippen molar-refractivity contribution < 1.29 is 4.74 Å². The average molecular weight is 259 g/mol. The first-order chi connectivity index (χ1) is 8.22. The normalized spacial score (nSPS) is 18.7. The summed E-state index contributed by atoms with van der Waals surface area (Å²) in [6.07, 6.45) is 4.07. The highest BCUT2D eigenvalue weighted by Crippen LogP contribution is 2.07. The third kappa shape index (κ3) is 6.81. The van der Waals surface area contributed by atoms with Gasteiger partial charge in [-0.3, -0.25) is 0 Å². The Morgan fingerprint density at radius 1 is 1.35 bits per heavy atom. The second kappa shape index (κ2) is 8.66. The zero-order chi connectivity index (χ0) is 12.5. The molecule has 0 radical (unpaired) electrons. The van der Waals surface area contributed by atoms with Crippen LogP contribution in [0.15, 0.2) is 0 Å². The van der Waals surface area contributed by atoms with Crippen molar-refractivity contribution >= 4 is 17.3 Å². The maximum Gasteiger partial charge on any atom is 0.166 e. The summed E-state index contributed by atoms with van der Waals surface area (Å²) in [5, 5.41) is 7.17. The molecule has 0 amide bonds. The summed E-state index contributed by atoms with van der Waals surface area (Å²) in [6, 6.07) is 0.259. The predicted molar refractivity (Wildman–Crippen MR) is 75.4 cm³/mol. The first kappa shape index (κ1) is 14.7. The van der Waals surface area contributed by atoms with Crippen LogP contribution in [0.4, 0.5) is 0 Å². The van der Waals surface area contributed by atoms with Gasteiger partial charge in [0.05, 0.1) is 6.61 Å². The second-order valence-electron chi connectivity index (χ2n) is 4.66. The molecular formula is C12H25N3OS. The van der Waals surface area contributed by atoms with Crippen LogP contribution in [0, 0.1) is 0 Å². The van der Waals surface area contributed by atoms with E-state index >= 15 is 0 Å². The lowest BCUT2D eigenvalue weighted by Gasteiger charge is -2.26. The van der Waals surface area contributed by atoms with Crippen molar-refractivity contribution in [3.8, 4) is 0 Å². The number of thiocarbonyl (C=S) groups is 1. The lowest BCUT2D eigenvalue weighted by Crippen LogP contribution is -2.45. The van der Waals surface area contributed by atoms with Crippen LogP contribution in [0.25, 0.3) is 0 Å². The molecule has 0 aromatic rings. The van der Waals surface area contributed by atoms with Crippen LogP contribution in [0.1, 0.15) is 26.2 Å². The van der Waals surface area contributed by atoms with Gasteiger partial charge < -0.3 is 20.3 Å². The summed E-state index contributed by atoms with van der Waals surface area (Å²) < 4.78 is 5.05. The van der Waals surface area contributed by atoms with Crippen LogP contribution >= 0.6 is 12.2 Å². The standard InChI is InChI=1S/C12H25N3OS/c1-11(10-16-2)14-12(17)13-6-9-15-7-4-3-5-8-15/h11H,3-10H2,1-2H3,(H2,13,14,17). The van der Waals surface area contributed by atoms with Gasteiger partial charge in [-0.25, -0.2) is 0 Å². The largest absolute Gasteiger partial charge is 0.383 e. The number of hydrogen-bond donors (Lipinski definition) is 2. The van der Waals surface area contributed by atoms with Crippen LogP contribution in [0.2, 0.25) is 0 Å². The van der Waals surface area contributed by atoms with E-state index in [1.54, 1.807) is 7.11 Å². The molecular weight excluding hydrogens is 234 g/mol. The van der Waals surface area contributed by atoms with Crippen molar-refractivity contribution in [1.29, 1.82) is 0 Å². The fourth-order valence-corrected chi connectivity index (χ4v) is 2.38. The maximum atomic E-state index is 5.22. The fourth-order valence-electron chi connectivity index (χ4n) is 2.08. The minimum atomic E-state index is 0.259. The third-order valence-corrected chi connectivity index (χ3v) is 3.22. The van der Waals surface area contributed by atoms with Gasteiger partial charge in [-0.05, 0) is 45.1 Å². The summed E-state index contributed by atoms with van der Waals surface area (Å²) in [5.41, 5.74) is 0. The van der Waals surface area contributed by atoms with E-state index in [0.717, 1.165) is 18.2 Å². The number of methoxy groups -OCH3 is 1. The van der Waals surface area contributed by atoms with E-state index in [2.05, 4.69) is 22.5 Å². The summed E-state index contributed by atoms with van der Waals surface area (Å²) in [6.45, 7) is 7.21. The molecule has 100 valence electrons. The Balaban J connectivity index is 2.03. The number of ether oxygens (including phenoxy) is 1. The molecule has 1 atom stereocenters. The Morgan fingerprint density at radius 3 is 2.71 bits per heavy atom. The minimum Gasteiger partial charge on any atom is -0.383 e. The number of piperidine rings is 1. The molecule has 0 aromatic carbocycles. The van der Waals surface area contributed by atoms with Gasteiger partial charge in [0, 0.05) is 26.2 Å². The molecule has 5 heteroatoms. The molecule has 1 heterocycles. The van der Waals surface area contributed by atoms with Gasteiger partial charge in [0.25, 0.3) is 0 Å². The minimum absolute atomic E-state index is 0.259. The van der Waals surface area contributed by atoms with Gasteiger partial charge >= 0.3 is 0 Å². The van der Waals surface area contributed by atoms with Gasteiger partial charge in [-0.2, -0.15) is 0 Å². The molecule has 0 bridgehead atoms. The fraction of sp³-hybridized carbons (Fsp3) is 0.917. The van der Waals surface area contributed by atoms with Gasteiger partial charge in [0.15, 0.2) is 5.11 Å². The summed E-state index contributed by atoms with van der Waals surface area (Å²) in [7, 11) is 1.70. The molecule has 2 N–H and O–H groups in total. The van der Waals surface area contributed by atoms with E-state index in [1.807, 2.05) is 0 Å². The zero-order valence-electron chi connectivity index (χ0n) is 11.0. The number of rotatable bonds is 6. The van der Waals surface area contributed by atoms with Gasteiger partial charge in [-0.15, -0.1) is 0 Å². The van der Waals surface area contributed by atoms with Crippen molar-refractivity contribution in [3.05, 3.63) is 0 Å². The van der Waals surface area contributed by atoms with Crippen molar-refractivity contribution in [1.82, 2.24) is 15.5 Å². The molecule has 0 spiro atoms. The van der Waals surface area contributed by atoms with Crippen LogP contribution in [0.5, 0.6) is 0 Å². The molecule has 1 rings (SSSR count). The molecule has 1 fully saturated rings. The van der Waals surface area contributed by atoms with Crippen molar-refractivity contribution in [2.24, 2.45) is 0 Å². The summed E-state index contributed by atoms with van der Waals surface area (Å²) >= 11 is 5.22. The number of likely N-dealkylation sites (tertiary alicyclic amines) is 1. The first-order valence-electron chi connectivity index (χ1n) is 6.48. The average Bonchev–Trinajstić information content (AvgIpc) is 2.30. The van der Waals surface area contributed by atoms with E-state index in [0.29, 0.717) is 6.61 Å². The van der Waals surface area contributed by atoms with E-state index < -0.39 is 0 Å². The topological polar surface area (TPSA) is 36.5 Å². The van der Waals surface area contributed by atoms with Crippen molar-refractivity contribution in [2.75, 3.05) is 39.9 Å². The van der Waals surface area contributed by atoms with Crippen LogP contribution in [-0.2, 0) is 4.74 Å². The molecule has 17 heavy (non-hydrogen) atoms. The van der Waals surface area contributed by atoms with E-state index in [1.165, 1.54) is 32.4 Å². The van der Waals surface area contributed by atoms with Gasteiger partial charge in [-0.1, -0.05) is 6.42 Å². The first-order valence-corrected chi connectivity index (χ1v) is 6.89. The second-order valence-corrected chi connectivity index (χ2v) is 5.07. The van der Waals surface area contributed by atoms with Crippen molar-refractivity contribution in [3.63, 3.8) is 0 Å². The van der Waals surface area contributed by atoms with E-state index in [9.17, 15) is 0 Å². The number of hydrogen-bond acceptors (Lipinski definition) is 3. The third-order valence-electron chi connectivity index (χ3n) is 2.96. The Bertz CT molecular complexity index is 220. The monoisotopic (exact) mass is 259 g/mol. The summed E-state index contributed by atoms with van der Waals surface area (Å²) in [4.78, 5) is 2.50. The molecule has 0 saturated carbocycles. The summed E-state index contributed by atoms with van der Waals surface area (Å²) in [5.74, 6) is 0. The highest BCUT2D eigenvalue weighted by Gasteiger charge is 2.09. The predicted octanol–water partition coefficient (Wildman–Crippen LogP) is 0.971. The lowest BCUT2D eigenvalue weighted by atomic mass is 10.1. The highest BCUT2D eigenvalue weighted by molar-refractivity contribution is 7.80. The molecule has 0 aromatic heterocycles. The molecule has 1 aliphatic rings. The van der Waals surface area contributed by atoms with Gasteiger partial charge in [0.2, 0.25) is 0 Å². The molecule has 1 unspecified atom stereocenters. The quantitative estimate of drug-likeness (QED) is 0.695. The number of nitrogens with one attached hydrogen (secondary N) is 2. The Hall–Kier alpha value is -0.390. The number of nitrogens with zero attached hydrogens (tertiary/aromatic N) is 1. The Kier molecular flexibility index (Phi) is 7.48. The smallest absolute Gasteiger partial charge is 0.166 e. The van der Waals surface area contributed by atoms with Crippen LogP contribution in [0.3, 0.4) is 0 Å². The molecule has 1 saturated heterocycles. The molecule has 4 nitrogen and oxygen atoms in total. The van der Waals surface area contributed by atoms with Gasteiger partial charge in [0.1, 0.15) is 0 Å². The van der Waals surface area contributed by atoms with Crippen LogP contribution in [-0.4, -0.2) is 55.9 Å². The Morgan fingerprint density at radius 2 is 2.06 bits per heavy atom. The highest BCUT2D eigenvalue weighted by atomic mass is 32.1. The zero-order valence-corrected chi connectivity index (χ0v) is 11.8. The lowest BCUT2D eigenvalue weighted by molar-refractivity contribution is 0.179. The maximum absolute atomic E-state index is 5.22. The van der Waals surface area contributed by atoms with E-state index in [4.69, 9.17) is 17.0 Å². The van der Waals surface area contributed by atoms with E-state index in [-0.39, 0.29) is 6.04 Å². The SMILES string of the molecule is COCC(C)NC(=S)NCCN1CCCCC1.